The second kappa shape index (κ2) is 97.0. The zero-order chi connectivity index (χ0) is 41.2. The van der Waals surface area contributed by atoms with E-state index in [-0.39, 0.29) is 11.9 Å². The molecule has 49 heavy (non-hydrogen) atoms. The number of ether oxygens (including phenoxy) is 6. The van der Waals surface area contributed by atoms with Gasteiger partial charge in [0.25, 0.3) is 0 Å². The maximum absolute atomic E-state index is 10.2. The SMILES string of the molecule is CCC.CCN(C)C.CCNC.CCNC(=O)NC.CCNC(C)=O.CCOC.CCOC.CNCOC.COCN(C)C.COCOC. The van der Waals surface area contributed by atoms with E-state index in [1.54, 1.807) is 49.7 Å². The number of carbonyl (C=O) groups excluding carboxylic acids is 2. The van der Waals surface area contributed by atoms with E-state index in [0.29, 0.717) is 26.8 Å². The van der Waals surface area contributed by atoms with Crippen LogP contribution in [0.15, 0.2) is 0 Å². The molecule has 0 aliphatic rings. The molecule has 0 saturated heterocycles. The molecule has 15 nitrogen and oxygen atoms in total. The molecule has 0 aliphatic heterocycles. The van der Waals surface area contributed by atoms with Gasteiger partial charge >= 0.3 is 6.03 Å². The van der Waals surface area contributed by atoms with E-state index in [0.717, 1.165) is 32.8 Å². The molecule has 0 spiro atoms. The van der Waals surface area contributed by atoms with Crippen molar-refractivity contribution in [3.8, 4) is 0 Å². The van der Waals surface area contributed by atoms with Gasteiger partial charge in [-0.05, 0) is 83.1 Å². The molecule has 0 heterocycles. The highest BCUT2D eigenvalue weighted by molar-refractivity contribution is 5.73. The van der Waals surface area contributed by atoms with Gasteiger partial charge in [-0.15, -0.1) is 0 Å². The molecule has 0 fully saturated rings. The number of nitrogens with zero attached hydrogens (tertiary/aromatic N) is 2. The summed E-state index contributed by atoms with van der Waals surface area (Å²) in [6.45, 7) is 24.6. The Morgan fingerprint density at radius 2 is 0.898 bits per heavy atom. The average Bonchev–Trinajstić information content (AvgIpc) is 3.07. The number of hydrogen-bond donors (Lipinski definition) is 5. The Morgan fingerprint density at radius 3 is 0.918 bits per heavy atom. The Kier molecular flexibility index (Phi) is 144. The molecule has 15 heteroatoms. The van der Waals surface area contributed by atoms with Gasteiger partial charge in [0, 0.05) is 82.9 Å². The summed E-state index contributed by atoms with van der Waals surface area (Å²) in [5.74, 6) is 0.0394. The van der Waals surface area contributed by atoms with Gasteiger partial charge < -0.3 is 54.6 Å². The fourth-order valence-corrected chi connectivity index (χ4v) is 1.02. The maximum Gasteiger partial charge on any atom is 0.314 e. The van der Waals surface area contributed by atoms with E-state index in [9.17, 15) is 9.59 Å². The first-order valence-corrected chi connectivity index (χ1v) is 16.8. The molecule has 0 atom stereocenters. The van der Waals surface area contributed by atoms with Crippen molar-refractivity contribution in [3.63, 3.8) is 0 Å². The maximum atomic E-state index is 10.2. The van der Waals surface area contributed by atoms with Crippen LogP contribution >= 0.6 is 0 Å². The highest BCUT2D eigenvalue weighted by atomic mass is 16.6. The Morgan fingerprint density at radius 1 is 0.551 bits per heavy atom. The van der Waals surface area contributed by atoms with Crippen molar-refractivity contribution in [1.29, 1.82) is 0 Å². The third kappa shape index (κ3) is 271. The molecule has 0 bridgehead atoms. The summed E-state index contributed by atoms with van der Waals surface area (Å²) in [6.07, 6.45) is 1.25. The quantitative estimate of drug-likeness (QED) is 0.186. The first-order valence-electron chi connectivity index (χ1n) is 16.8. The summed E-state index contributed by atoms with van der Waals surface area (Å²) >= 11 is 0. The molecule has 5 N–H and O–H groups in total. The van der Waals surface area contributed by atoms with Crippen molar-refractivity contribution in [1.82, 2.24) is 36.4 Å². The van der Waals surface area contributed by atoms with Gasteiger partial charge in [-0.2, -0.15) is 0 Å². The molecule has 310 valence electrons. The summed E-state index contributed by atoms with van der Waals surface area (Å²) in [7, 11) is 23.3. The lowest BCUT2D eigenvalue weighted by molar-refractivity contribution is -0.118. The number of rotatable bonds is 12. The van der Waals surface area contributed by atoms with E-state index in [2.05, 4.69) is 97.0 Å². The molecule has 0 unspecified atom stereocenters. The van der Waals surface area contributed by atoms with E-state index >= 15 is 0 Å². The molecular formula is C34H91N7O8. The van der Waals surface area contributed by atoms with Crippen LogP contribution in [0.4, 0.5) is 4.79 Å². The Hall–Kier alpha value is -1.66. The van der Waals surface area contributed by atoms with Gasteiger partial charge in [-0.3, -0.25) is 15.0 Å². The van der Waals surface area contributed by atoms with Gasteiger partial charge in [0.15, 0.2) is 0 Å². The highest BCUT2D eigenvalue weighted by Gasteiger charge is 1.86. The summed E-state index contributed by atoms with van der Waals surface area (Å²) in [5.41, 5.74) is 0. The van der Waals surface area contributed by atoms with E-state index in [1.165, 1.54) is 13.3 Å². The van der Waals surface area contributed by atoms with Gasteiger partial charge in [0.2, 0.25) is 5.91 Å². The lowest BCUT2D eigenvalue weighted by atomic mass is 10.6. The molecule has 0 aliphatic carbocycles. The number of amides is 3. The van der Waals surface area contributed by atoms with E-state index < -0.39 is 0 Å². The van der Waals surface area contributed by atoms with Crippen molar-refractivity contribution in [2.75, 3.05) is 152 Å². The molecule has 0 aromatic carbocycles. The smallest absolute Gasteiger partial charge is 0.314 e. The van der Waals surface area contributed by atoms with Gasteiger partial charge in [-0.1, -0.05) is 34.1 Å². The summed E-state index contributed by atoms with van der Waals surface area (Å²) in [6, 6.07) is -0.123. The number of carbonyl (C=O) groups is 2. The topological polar surface area (TPSA) is 156 Å². The molecule has 0 saturated carbocycles. The second-order valence-electron chi connectivity index (χ2n) is 9.14. The summed E-state index contributed by atoms with van der Waals surface area (Å²) < 4.78 is 27.3. The predicted octanol–water partition coefficient (Wildman–Crippen LogP) is 3.79. The minimum absolute atomic E-state index is 0.0394. The zero-order valence-electron chi connectivity index (χ0n) is 36.7. The molecule has 3 amide bonds. The normalized spacial score (nSPS) is 8.16. The van der Waals surface area contributed by atoms with Crippen molar-refractivity contribution in [2.45, 2.75) is 68.7 Å². The fourth-order valence-electron chi connectivity index (χ4n) is 1.02. The van der Waals surface area contributed by atoms with Gasteiger partial charge in [0.05, 0.1) is 13.5 Å². The second-order valence-corrected chi connectivity index (χ2v) is 9.14. The monoisotopic (exact) mass is 726 g/mol. The van der Waals surface area contributed by atoms with Crippen LogP contribution in [0.25, 0.3) is 0 Å². The molecule has 0 aromatic heterocycles. The predicted molar refractivity (Wildman–Crippen MR) is 213 cm³/mol. The van der Waals surface area contributed by atoms with Crippen molar-refractivity contribution < 1.29 is 38.0 Å². The third-order valence-electron chi connectivity index (χ3n) is 3.47. The van der Waals surface area contributed by atoms with Crippen LogP contribution in [0.1, 0.15) is 68.7 Å². The third-order valence-corrected chi connectivity index (χ3v) is 3.47. The first kappa shape index (κ1) is 72.9. The Labute approximate surface area is 306 Å². The van der Waals surface area contributed by atoms with Crippen LogP contribution in [-0.2, 0) is 33.2 Å². The number of urea groups is 1. The van der Waals surface area contributed by atoms with Crippen LogP contribution in [-0.4, -0.2) is 173 Å². The van der Waals surface area contributed by atoms with E-state index in [4.69, 9.17) is 4.74 Å². The molecule has 0 rings (SSSR count). The van der Waals surface area contributed by atoms with E-state index in [1.807, 2.05) is 60.8 Å². The largest absolute Gasteiger partial charge is 0.385 e. The Balaban J connectivity index is -0.0000000435. The van der Waals surface area contributed by atoms with Crippen LogP contribution in [0.2, 0.25) is 0 Å². The van der Waals surface area contributed by atoms with Crippen LogP contribution in [0, 0.1) is 0 Å². The van der Waals surface area contributed by atoms with Crippen molar-refractivity contribution >= 4 is 11.9 Å². The Bertz CT molecular complexity index is 433. The minimum atomic E-state index is -0.123. The number of nitrogens with one attached hydrogen (secondary N) is 5. The number of methoxy groups -OCH3 is 6. The van der Waals surface area contributed by atoms with Crippen LogP contribution in [0.3, 0.4) is 0 Å². The summed E-state index contributed by atoms with van der Waals surface area (Å²) in [5, 5.41) is 13.3. The summed E-state index contributed by atoms with van der Waals surface area (Å²) in [4.78, 5) is 24.2. The molecule has 0 aromatic rings. The molecule has 0 radical (unpaired) electrons. The van der Waals surface area contributed by atoms with Gasteiger partial charge in [0.1, 0.15) is 6.79 Å². The first-order chi connectivity index (χ1) is 23.1. The average molecular weight is 726 g/mol. The lowest BCUT2D eigenvalue weighted by Gasteiger charge is -2.04. The molecular weight excluding hydrogens is 634 g/mol. The zero-order valence-corrected chi connectivity index (χ0v) is 36.7. The van der Waals surface area contributed by atoms with Crippen molar-refractivity contribution in [2.24, 2.45) is 0 Å². The minimum Gasteiger partial charge on any atom is -0.385 e. The number of hydrogen-bond acceptors (Lipinski definition) is 12. The van der Waals surface area contributed by atoms with Crippen molar-refractivity contribution in [3.05, 3.63) is 0 Å². The van der Waals surface area contributed by atoms with Gasteiger partial charge in [-0.25, -0.2) is 4.79 Å². The lowest BCUT2D eigenvalue weighted by Crippen LogP contribution is -2.32. The van der Waals surface area contributed by atoms with Crippen LogP contribution < -0.4 is 26.6 Å². The standard InChI is InChI=1S/C4H10N2O.C4H11NO.C4H9NO.C4H11N.C3H9NO.C3H9N.C3H8O2.2C3H8O.C3H8/c1-3-6-4(7)5-2;1-5(2)4-6-3;1-3-5-4(2)6;1-4-5(2)3;1-4-3-5-2;1-3-4-2;1-4-3-5-2;2*1-3-4-2;1-3-2/h3H2,1-2H3,(H2,5,6,7);4H2,1-3H3;3H2,1-2H3,(H,5,6);4H2,1-3H3;4H,3H2,1-2H3;4H,3H2,1-2H3;3H2,1-2H3;2*3H2,1-2H3;3H2,1-2H3. The highest BCUT2D eigenvalue weighted by Crippen LogP contribution is 1.69. The van der Waals surface area contributed by atoms with Crippen LogP contribution in [0.5, 0.6) is 0 Å². The fraction of sp³-hybridized carbons (Fsp3) is 0.941.